The Morgan fingerprint density at radius 3 is 1.52 bits per heavy atom. The van der Waals surface area contributed by atoms with Crippen LogP contribution in [0, 0.1) is 0 Å². The van der Waals surface area contributed by atoms with Gasteiger partial charge in [-0.3, -0.25) is 9.89 Å². The zero-order valence-corrected chi connectivity index (χ0v) is 16.6. The van der Waals surface area contributed by atoms with Crippen molar-refractivity contribution < 1.29 is 0 Å². The van der Waals surface area contributed by atoms with Crippen molar-refractivity contribution in [2.45, 2.75) is 52.4 Å². The molecular weight excluding hydrogens is 306 g/mol. The third-order valence-electron chi connectivity index (χ3n) is 4.40. The van der Waals surface area contributed by atoms with Crippen molar-refractivity contribution in [1.29, 1.82) is 0 Å². The highest BCUT2D eigenvalue weighted by Gasteiger charge is 2.20. The van der Waals surface area contributed by atoms with Crippen LogP contribution in [0.3, 0.4) is 0 Å². The summed E-state index contributed by atoms with van der Waals surface area (Å²) in [5, 5.41) is 0. The van der Waals surface area contributed by atoms with Gasteiger partial charge in [0, 0.05) is 18.4 Å². The number of nitrogens with zero attached hydrogens (tertiary/aromatic N) is 2. The van der Waals surface area contributed by atoms with E-state index in [0.717, 1.165) is 11.4 Å². The largest absolute Gasteiger partial charge is 0.369 e. The van der Waals surface area contributed by atoms with Crippen LogP contribution in [-0.4, -0.2) is 13.0 Å². The molecule has 0 amide bonds. The molecule has 25 heavy (non-hydrogen) atoms. The highest BCUT2D eigenvalue weighted by Crippen LogP contribution is 2.32. The Labute approximate surface area is 152 Å². The van der Waals surface area contributed by atoms with Crippen LogP contribution in [0.2, 0.25) is 0 Å². The maximum absolute atomic E-state index is 6.28. The fourth-order valence-electron chi connectivity index (χ4n) is 2.74. The maximum Gasteiger partial charge on any atom is 0.200 e. The van der Waals surface area contributed by atoms with Crippen molar-refractivity contribution in [3.8, 4) is 0 Å². The minimum Gasteiger partial charge on any atom is -0.369 e. The normalized spacial score (nSPS) is 13.0. The predicted octanol–water partition coefficient (Wildman–Crippen LogP) is 5.36. The molecule has 2 aromatic carbocycles. The molecule has 2 aromatic rings. The third-order valence-corrected chi connectivity index (χ3v) is 4.40. The molecule has 2 rings (SSSR count). The molecule has 0 aliphatic heterocycles. The van der Waals surface area contributed by atoms with Gasteiger partial charge >= 0.3 is 0 Å². The summed E-state index contributed by atoms with van der Waals surface area (Å²) in [6.07, 6.45) is 0. The fourth-order valence-corrected chi connectivity index (χ4v) is 2.74. The standard InChI is InChI=1S/C22H31N3/c1-21(2,3)16-10-8-12-18(14-16)25(20(23)24-7)19-13-9-11-17(15-19)22(4,5)6/h8-15H,1-7H3,(H2,23,24). The summed E-state index contributed by atoms with van der Waals surface area (Å²) >= 11 is 0. The van der Waals surface area contributed by atoms with E-state index >= 15 is 0 Å². The zero-order valence-electron chi connectivity index (χ0n) is 16.6. The molecule has 0 unspecified atom stereocenters. The topological polar surface area (TPSA) is 41.6 Å². The second kappa shape index (κ2) is 6.91. The first kappa shape index (κ1) is 19.0. The van der Waals surface area contributed by atoms with E-state index in [1.165, 1.54) is 11.1 Å². The Hall–Kier alpha value is -2.29. The molecule has 0 saturated carbocycles. The Balaban J connectivity index is 2.60. The first-order valence-electron chi connectivity index (χ1n) is 8.77. The van der Waals surface area contributed by atoms with E-state index in [-0.39, 0.29) is 10.8 Å². The van der Waals surface area contributed by atoms with Crippen LogP contribution in [0.4, 0.5) is 11.4 Å². The maximum atomic E-state index is 6.28. The smallest absolute Gasteiger partial charge is 0.200 e. The average Bonchev–Trinajstić information content (AvgIpc) is 2.54. The lowest BCUT2D eigenvalue weighted by molar-refractivity contribution is 0.590. The lowest BCUT2D eigenvalue weighted by atomic mass is 9.86. The SMILES string of the molecule is CN=C(N)N(c1cccc(C(C)(C)C)c1)c1cccc(C(C)(C)C)c1. The number of benzene rings is 2. The molecule has 0 bridgehead atoms. The van der Waals surface area contributed by atoms with E-state index in [1.807, 2.05) is 4.90 Å². The van der Waals surface area contributed by atoms with E-state index in [0.29, 0.717) is 5.96 Å². The number of rotatable bonds is 2. The van der Waals surface area contributed by atoms with E-state index in [4.69, 9.17) is 5.73 Å². The highest BCUT2D eigenvalue weighted by atomic mass is 15.3. The molecule has 0 spiro atoms. The minimum atomic E-state index is 0.0764. The average molecular weight is 338 g/mol. The van der Waals surface area contributed by atoms with Gasteiger partial charge in [0.15, 0.2) is 5.96 Å². The second-order valence-electron chi connectivity index (χ2n) is 8.52. The molecule has 0 aliphatic carbocycles. The Kier molecular flexibility index (Phi) is 5.26. The molecule has 0 radical (unpaired) electrons. The monoisotopic (exact) mass is 337 g/mol. The van der Waals surface area contributed by atoms with Crippen LogP contribution in [0.15, 0.2) is 53.5 Å². The summed E-state index contributed by atoms with van der Waals surface area (Å²) in [5.41, 5.74) is 11.0. The van der Waals surface area contributed by atoms with E-state index in [2.05, 4.69) is 95.1 Å². The molecule has 0 heterocycles. The van der Waals surface area contributed by atoms with E-state index < -0.39 is 0 Å². The van der Waals surface area contributed by atoms with Gasteiger partial charge in [0.25, 0.3) is 0 Å². The van der Waals surface area contributed by atoms with Crippen LogP contribution >= 0.6 is 0 Å². The number of anilines is 2. The van der Waals surface area contributed by atoms with Crippen molar-refractivity contribution in [2.75, 3.05) is 11.9 Å². The number of aliphatic imine (C=N–C) groups is 1. The van der Waals surface area contributed by atoms with Gasteiger partial charge in [0.05, 0.1) is 0 Å². The van der Waals surface area contributed by atoms with Crippen LogP contribution in [-0.2, 0) is 10.8 Å². The Bertz CT molecular complexity index is 704. The Morgan fingerprint density at radius 2 is 1.20 bits per heavy atom. The summed E-state index contributed by atoms with van der Waals surface area (Å²) in [5.74, 6) is 0.483. The number of hydrogen-bond acceptors (Lipinski definition) is 1. The van der Waals surface area contributed by atoms with Gasteiger partial charge in [0.1, 0.15) is 0 Å². The molecule has 2 N–H and O–H groups in total. The van der Waals surface area contributed by atoms with Crippen molar-refractivity contribution in [3.05, 3.63) is 59.7 Å². The van der Waals surface area contributed by atoms with Gasteiger partial charge < -0.3 is 5.73 Å². The van der Waals surface area contributed by atoms with Crippen molar-refractivity contribution in [3.63, 3.8) is 0 Å². The quantitative estimate of drug-likeness (QED) is 0.592. The molecule has 0 saturated heterocycles. The van der Waals surface area contributed by atoms with Crippen LogP contribution in [0.1, 0.15) is 52.7 Å². The van der Waals surface area contributed by atoms with Crippen molar-refractivity contribution >= 4 is 17.3 Å². The van der Waals surface area contributed by atoms with Crippen LogP contribution < -0.4 is 10.6 Å². The fraction of sp³-hybridized carbons (Fsp3) is 0.409. The first-order valence-corrected chi connectivity index (χ1v) is 8.77. The number of guanidine groups is 1. The highest BCUT2D eigenvalue weighted by molar-refractivity contribution is 6.01. The molecule has 3 heteroatoms. The van der Waals surface area contributed by atoms with Gasteiger partial charge in [-0.05, 0) is 46.2 Å². The molecule has 0 aromatic heterocycles. The van der Waals surface area contributed by atoms with E-state index in [9.17, 15) is 0 Å². The Morgan fingerprint density at radius 1 is 0.800 bits per heavy atom. The molecule has 0 aliphatic rings. The van der Waals surface area contributed by atoms with Gasteiger partial charge in [-0.2, -0.15) is 0 Å². The summed E-state index contributed by atoms with van der Waals surface area (Å²) in [4.78, 5) is 6.26. The zero-order chi connectivity index (χ0) is 18.8. The molecular formula is C22H31N3. The molecule has 3 nitrogen and oxygen atoms in total. The van der Waals surface area contributed by atoms with Crippen molar-refractivity contribution in [1.82, 2.24) is 0 Å². The van der Waals surface area contributed by atoms with Gasteiger partial charge in [0.2, 0.25) is 0 Å². The molecule has 134 valence electrons. The minimum absolute atomic E-state index is 0.0764. The first-order chi connectivity index (χ1) is 11.5. The van der Waals surface area contributed by atoms with Gasteiger partial charge in [-0.25, -0.2) is 0 Å². The van der Waals surface area contributed by atoms with Gasteiger partial charge in [-0.15, -0.1) is 0 Å². The summed E-state index contributed by atoms with van der Waals surface area (Å²) in [6.45, 7) is 13.3. The number of hydrogen-bond donors (Lipinski definition) is 1. The lowest BCUT2D eigenvalue weighted by Gasteiger charge is -2.28. The third kappa shape index (κ3) is 4.41. The summed E-state index contributed by atoms with van der Waals surface area (Å²) < 4.78 is 0. The van der Waals surface area contributed by atoms with Gasteiger partial charge in [-0.1, -0.05) is 65.8 Å². The summed E-state index contributed by atoms with van der Waals surface area (Å²) in [6, 6.07) is 17.0. The van der Waals surface area contributed by atoms with Crippen LogP contribution in [0.25, 0.3) is 0 Å². The van der Waals surface area contributed by atoms with Crippen LogP contribution in [0.5, 0.6) is 0 Å². The predicted molar refractivity (Wildman–Crippen MR) is 110 cm³/mol. The second-order valence-corrected chi connectivity index (χ2v) is 8.52. The van der Waals surface area contributed by atoms with E-state index in [1.54, 1.807) is 7.05 Å². The molecule has 0 fully saturated rings. The summed E-state index contributed by atoms with van der Waals surface area (Å²) in [7, 11) is 1.73. The lowest BCUT2D eigenvalue weighted by Crippen LogP contribution is -2.33. The number of nitrogens with two attached hydrogens (primary N) is 1. The van der Waals surface area contributed by atoms with Crippen molar-refractivity contribution in [2.24, 2.45) is 10.7 Å². The molecule has 0 atom stereocenters.